The lowest BCUT2D eigenvalue weighted by molar-refractivity contribution is -0.152. The zero-order valence-corrected chi connectivity index (χ0v) is 11.3. The zero-order valence-electron chi connectivity index (χ0n) is 11.3. The van der Waals surface area contributed by atoms with E-state index in [1.807, 2.05) is 0 Å². The summed E-state index contributed by atoms with van der Waals surface area (Å²) in [5, 5.41) is 11.7. The zero-order chi connectivity index (χ0) is 14.6. The molecular formula is C13H19NO5. The average Bonchev–Trinajstić information content (AvgIpc) is 2.37. The van der Waals surface area contributed by atoms with Crippen molar-refractivity contribution in [1.29, 1.82) is 0 Å². The van der Waals surface area contributed by atoms with E-state index in [-0.39, 0.29) is 0 Å². The number of carboxylic acid groups (broad SMARTS) is 1. The number of ether oxygens (including phenoxy) is 1. The second-order valence-corrected chi connectivity index (χ2v) is 5.10. The van der Waals surface area contributed by atoms with Crippen LogP contribution in [0.5, 0.6) is 0 Å². The van der Waals surface area contributed by atoms with Crippen LogP contribution in [-0.4, -0.2) is 35.6 Å². The van der Waals surface area contributed by atoms with Crippen molar-refractivity contribution >= 4 is 17.8 Å². The minimum atomic E-state index is -1.17. The maximum atomic E-state index is 12.1. The molecule has 1 rings (SSSR count). The van der Waals surface area contributed by atoms with Crippen LogP contribution < -0.4 is 5.32 Å². The minimum absolute atomic E-state index is 0.325. The van der Waals surface area contributed by atoms with E-state index in [0.29, 0.717) is 12.8 Å². The van der Waals surface area contributed by atoms with Crippen molar-refractivity contribution in [1.82, 2.24) is 5.32 Å². The van der Waals surface area contributed by atoms with E-state index in [1.165, 1.54) is 21.0 Å². The first-order valence-corrected chi connectivity index (χ1v) is 6.08. The lowest BCUT2D eigenvalue weighted by Crippen LogP contribution is -2.53. The Hall–Kier alpha value is -1.85. The summed E-state index contributed by atoms with van der Waals surface area (Å²) < 4.78 is 4.59. The highest BCUT2D eigenvalue weighted by Crippen LogP contribution is 2.26. The van der Waals surface area contributed by atoms with Crippen LogP contribution in [0.4, 0.5) is 0 Å². The number of carbonyl (C=O) groups is 3. The van der Waals surface area contributed by atoms with E-state index >= 15 is 0 Å². The second-order valence-electron chi connectivity index (χ2n) is 5.10. The molecule has 6 nitrogen and oxygen atoms in total. The fourth-order valence-electron chi connectivity index (χ4n) is 2.08. The number of rotatable bonds is 4. The predicted molar refractivity (Wildman–Crippen MR) is 67.2 cm³/mol. The van der Waals surface area contributed by atoms with Gasteiger partial charge in [0, 0.05) is 0 Å². The van der Waals surface area contributed by atoms with E-state index in [4.69, 9.17) is 5.11 Å². The smallest absolute Gasteiger partial charge is 0.330 e. The number of carbonyl (C=O) groups excluding carboxylic acids is 2. The number of hydrogen-bond donors (Lipinski definition) is 2. The summed E-state index contributed by atoms with van der Waals surface area (Å²) in [6.07, 6.45) is 4.23. The van der Waals surface area contributed by atoms with Crippen LogP contribution in [-0.2, 0) is 19.1 Å². The van der Waals surface area contributed by atoms with Gasteiger partial charge >= 0.3 is 11.9 Å². The fraction of sp³-hybridized carbons (Fsp3) is 0.615. The van der Waals surface area contributed by atoms with Crippen LogP contribution in [0.2, 0.25) is 0 Å². The summed E-state index contributed by atoms with van der Waals surface area (Å²) >= 11 is 0. The summed E-state index contributed by atoms with van der Waals surface area (Å²) in [5.74, 6) is -3.42. The molecule has 1 amide bonds. The molecule has 19 heavy (non-hydrogen) atoms. The van der Waals surface area contributed by atoms with Crippen LogP contribution in [0.25, 0.3) is 0 Å². The van der Waals surface area contributed by atoms with Gasteiger partial charge in [0.05, 0.1) is 18.9 Å². The van der Waals surface area contributed by atoms with Crippen molar-refractivity contribution in [3.05, 3.63) is 12.2 Å². The Morgan fingerprint density at radius 1 is 1.21 bits per heavy atom. The molecule has 0 aliphatic heterocycles. The van der Waals surface area contributed by atoms with Gasteiger partial charge in [-0.3, -0.25) is 9.59 Å². The predicted octanol–water partition coefficient (Wildman–Crippen LogP) is 0.721. The lowest BCUT2D eigenvalue weighted by Gasteiger charge is -2.29. The molecule has 2 N–H and O–H groups in total. The Balaban J connectivity index is 2.79. The van der Waals surface area contributed by atoms with Crippen molar-refractivity contribution in [3.8, 4) is 0 Å². The van der Waals surface area contributed by atoms with Gasteiger partial charge in [-0.1, -0.05) is 12.2 Å². The Kier molecular flexibility index (Phi) is 4.69. The highest BCUT2D eigenvalue weighted by molar-refractivity contribution is 5.90. The number of hydrogen-bond acceptors (Lipinski definition) is 4. The first-order valence-electron chi connectivity index (χ1n) is 6.08. The number of methoxy groups -OCH3 is 1. The standard InChI is InChI=1S/C13H19NO5/c1-13(2,12(18)19-3)14-10(15)8-6-4-5-7-9(8)11(16)17/h4-5,8-9H,6-7H2,1-3H3,(H,14,15)(H,16,17). The van der Waals surface area contributed by atoms with Crippen LogP contribution in [0.1, 0.15) is 26.7 Å². The first-order chi connectivity index (χ1) is 8.79. The average molecular weight is 269 g/mol. The van der Waals surface area contributed by atoms with Gasteiger partial charge in [0.2, 0.25) is 5.91 Å². The molecule has 2 unspecified atom stereocenters. The third kappa shape index (κ3) is 3.56. The molecular weight excluding hydrogens is 250 g/mol. The van der Waals surface area contributed by atoms with Crippen molar-refractivity contribution in [2.45, 2.75) is 32.2 Å². The molecule has 2 atom stereocenters. The summed E-state index contributed by atoms with van der Waals surface area (Å²) in [4.78, 5) is 34.8. The number of aliphatic carboxylic acids is 1. The second kappa shape index (κ2) is 5.86. The Labute approximate surface area is 111 Å². The molecule has 106 valence electrons. The summed E-state index contributed by atoms with van der Waals surface area (Å²) in [7, 11) is 1.24. The van der Waals surface area contributed by atoms with Crippen molar-refractivity contribution in [2.75, 3.05) is 7.11 Å². The van der Waals surface area contributed by atoms with Gasteiger partial charge in [0.1, 0.15) is 5.54 Å². The van der Waals surface area contributed by atoms with Crippen LogP contribution >= 0.6 is 0 Å². The molecule has 0 aromatic carbocycles. The highest BCUT2D eigenvalue weighted by atomic mass is 16.5. The van der Waals surface area contributed by atoms with Gasteiger partial charge < -0.3 is 15.2 Å². The molecule has 0 bridgehead atoms. The van der Waals surface area contributed by atoms with E-state index in [9.17, 15) is 14.4 Å². The molecule has 0 aromatic rings. The summed E-state index contributed by atoms with van der Waals surface area (Å²) in [6.45, 7) is 3.04. The third-order valence-electron chi connectivity index (χ3n) is 3.22. The molecule has 0 fully saturated rings. The van der Waals surface area contributed by atoms with Gasteiger partial charge in [0.25, 0.3) is 0 Å². The normalized spacial score (nSPS) is 22.7. The highest BCUT2D eigenvalue weighted by Gasteiger charge is 2.38. The Morgan fingerprint density at radius 2 is 1.74 bits per heavy atom. The number of allylic oxidation sites excluding steroid dienone is 2. The van der Waals surface area contributed by atoms with Crippen LogP contribution in [0.15, 0.2) is 12.2 Å². The summed E-state index contributed by atoms with van der Waals surface area (Å²) in [5.41, 5.74) is -1.17. The SMILES string of the molecule is COC(=O)C(C)(C)NC(=O)C1CC=CCC1C(=O)O. The van der Waals surface area contributed by atoms with E-state index < -0.39 is 35.2 Å². The Morgan fingerprint density at radius 3 is 2.21 bits per heavy atom. The molecule has 0 radical (unpaired) electrons. The van der Waals surface area contributed by atoms with Gasteiger partial charge in [0.15, 0.2) is 0 Å². The topological polar surface area (TPSA) is 92.7 Å². The first kappa shape index (κ1) is 15.2. The van der Waals surface area contributed by atoms with Crippen LogP contribution in [0, 0.1) is 11.8 Å². The molecule has 0 saturated heterocycles. The molecule has 0 heterocycles. The number of amides is 1. The third-order valence-corrected chi connectivity index (χ3v) is 3.22. The van der Waals surface area contributed by atoms with E-state index in [0.717, 1.165) is 0 Å². The largest absolute Gasteiger partial charge is 0.481 e. The molecule has 0 aromatic heterocycles. The van der Waals surface area contributed by atoms with Gasteiger partial charge in [-0.15, -0.1) is 0 Å². The van der Waals surface area contributed by atoms with Crippen molar-refractivity contribution in [3.63, 3.8) is 0 Å². The van der Waals surface area contributed by atoms with Gasteiger partial charge in [-0.25, -0.2) is 4.79 Å². The van der Waals surface area contributed by atoms with Gasteiger partial charge in [-0.2, -0.15) is 0 Å². The molecule has 1 aliphatic rings. The maximum Gasteiger partial charge on any atom is 0.330 e. The molecule has 1 aliphatic carbocycles. The molecule has 0 spiro atoms. The number of nitrogens with one attached hydrogen (secondary N) is 1. The van der Waals surface area contributed by atoms with E-state index in [1.54, 1.807) is 12.2 Å². The number of esters is 1. The quantitative estimate of drug-likeness (QED) is 0.579. The van der Waals surface area contributed by atoms with Crippen molar-refractivity contribution in [2.24, 2.45) is 11.8 Å². The molecule has 6 heteroatoms. The minimum Gasteiger partial charge on any atom is -0.481 e. The fourth-order valence-corrected chi connectivity index (χ4v) is 2.08. The lowest BCUT2D eigenvalue weighted by atomic mass is 9.82. The van der Waals surface area contributed by atoms with E-state index in [2.05, 4.69) is 10.1 Å². The van der Waals surface area contributed by atoms with Crippen molar-refractivity contribution < 1.29 is 24.2 Å². The molecule has 0 saturated carbocycles. The Bertz CT molecular complexity index is 413. The van der Waals surface area contributed by atoms with Gasteiger partial charge in [-0.05, 0) is 26.7 Å². The maximum absolute atomic E-state index is 12.1. The summed E-state index contributed by atoms with van der Waals surface area (Å²) in [6, 6.07) is 0. The number of carboxylic acids is 1. The van der Waals surface area contributed by atoms with Crippen LogP contribution in [0.3, 0.4) is 0 Å². The monoisotopic (exact) mass is 269 g/mol.